The van der Waals surface area contributed by atoms with Crippen molar-refractivity contribution in [2.45, 2.75) is 19.9 Å². The van der Waals surface area contributed by atoms with E-state index in [1.807, 2.05) is 0 Å². The van der Waals surface area contributed by atoms with Crippen molar-refractivity contribution in [1.82, 2.24) is 9.78 Å². The van der Waals surface area contributed by atoms with Gasteiger partial charge in [-0.2, -0.15) is 5.10 Å². The summed E-state index contributed by atoms with van der Waals surface area (Å²) in [5.41, 5.74) is 0.302. The average molecular weight is 348 g/mol. The number of nitrogens with zero attached hydrogens (tertiary/aromatic N) is 2. The molecule has 8 heteroatoms. The lowest BCUT2D eigenvalue weighted by atomic mass is 10.4. The van der Waals surface area contributed by atoms with Gasteiger partial charge in [-0.15, -0.1) is 0 Å². The van der Waals surface area contributed by atoms with E-state index >= 15 is 0 Å². The molecule has 0 radical (unpaired) electrons. The molecule has 1 aromatic rings. The lowest BCUT2D eigenvalue weighted by molar-refractivity contribution is -0.142. The second-order valence-electron chi connectivity index (χ2n) is 3.88. The van der Waals surface area contributed by atoms with Crippen LogP contribution in [0.3, 0.4) is 0 Å². The van der Waals surface area contributed by atoms with E-state index < -0.39 is 0 Å². The first-order chi connectivity index (χ1) is 9.60. The normalized spacial score (nSPS) is 10.3. The topological polar surface area (TPSA) is 82.4 Å². The highest BCUT2D eigenvalue weighted by atomic mass is 79.9. The van der Waals surface area contributed by atoms with Gasteiger partial charge in [0.2, 0.25) is 0 Å². The minimum absolute atomic E-state index is 0.229. The molecular formula is C12H18BrN3O4. The van der Waals surface area contributed by atoms with Crippen molar-refractivity contribution in [3.63, 3.8) is 0 Å². The van der Waals surface area contributed by atoms with E-state index in [4.69, 9.17) is 9.47 Å². The summed E-state index contributed by atoms with van der Waals surface area (Å²) in [6.07, 6.45) is 1.76. The van der Waals surface area contributed by atoms with Crippen molar-refractivity contribution in [3.8, 4) is 0 Å². The zero-order valence-electron chi connectivity index (χ0n) is 11.5. The van der Waals surface area contributed by atoms with Crippen LogP contribution < -0.4 is 10.9 Å². The number of aromatic nitrogens is 2. The van der Waals surface area contributed by atoms with Crippen LogP contribution in [-0.2, 0) is 20.8 Å². The Kier molecular flexibility index (Phi) is 7.24. The maximum atomic E-state index is 12.0. The molecule has 0 amide bonds. The molecule has 7 nitrogen and oxygen atoms in total. The van der Waals surface area contributed by atoms with E-state index in [1.54, 1.807) is 14.0 Å². The SMILES string of the molecule is CCOC(=O)CCNc1cnn(CCOC)c(=O)c1Br. The van der Waals surface area contributed by atoms with Gasteiger partial charge >= 0.3 is 5.97 Å². The fraction of sp³-hybridized carbons (Fsp3) is 0.583. The monoisotopic (exact) mass is 347 g/mol. The summed E-state index contributed by atoms with van der Waals surface area (Å²) in [5.74, 6) is -0.280. The van der Waals surface area contributed by atoms with Crippen LogP contribution in [0.2, 0.25) is 0 Å². The summed E-state index contributed by atoms with van der Waals surface area (Å²) < 4.78 is 11.4. The predicted octanol–water partition coefficient (Wildman–Crippen LogP) is 1.02. The molecule has 1 heterocycles. The van der Waals surface area contributed by atoms with Gasteiger partial charge in [0.25, 0.3) is 5.56 Å². The largest absolute Gasteiger partial charge is 0.466 e. The average Bonchev–Trinajstić information content (AvgIpc) is 2.43. The van der Waals surface area contributed by atoms with Gasteiger partial charge in [-0.1, -0.05) is 0 Å². The Bertz CT molecular complexity index is 504. The van der Waals surface area contributed by atoms with Gasteiger partial charge in [0.15, 0.2) is 0 Å². The third-order valence-corrected chi connectivity index (χ3v) is 3.21. The lowest BCUT2D eigenvalue weighted by Crippen LogP contribution is -2.26. The van der Waals surface area contributed by atoms with Crippen molar-refractivity contribution >= 4 is 27.6 Å². The first-order valence-corrected chi connectivity index (χ1v) is 7.03. The van der Waals surface area contributed by atoms with Crippen molar-refractivity contribution in [1.29, 1.82) is 0 Å². The minimum Gasteiger partial charge on any atom is -0.466 e. The molecule has 0 unspecified atom stereocenters. The minimum atomic E-state index is -0.280. The highest BCUT2D eigenvalue weighted by molar-refractivity contribution is 9.10. The highest BCUT2D eigenvalue weighted by Gasteiger charge is 2.09. The quantitative estimate of drug-likeness (QED) is 0.707. The van der Waals surface area contributed by atoms with E-state index in [0.717, 1.165) is 0 Å². The number of carbonyl (C=O) groups is 1. The van der Waals surface area contributed by atoms with Gasteiger partial charge in [-0.25, -0.2) is 4.68 Å². The highest BCUT2D eigenvalue weighted by Crippen LogP contribution is 2.15. The predicted molar refractivity (Wildman–Crippen MR) is 77.8 cm³/mol. The molecule has 1 aromatic heterocycles. The zero-order chi connectivity index (χ0) is 15.0. The second kappa shape index (κ2) is 8.70. The maximum absolute atomic E-state index is 12.0. The Labute approximate surface area is 125 Å². The number of halogens is 1. The molecule has 0 saturated heterocycles. The van der Waals surface area contributed by atoms with Crippen LogP contribution in [0.5, 0.6) is 0 Å². The summed E-state index contributed by atoms with van der Waals surface area (Å²) >= 11 is 3.23. The molecular weight excluding hydrogens is 330 g/mol. The van der Waals surface area contributed by atoms with E-state index in [9.17, 15) is 9.59 Å². The van der Waals surface area contributed by atoms with Crippen LogP contribution in [0.4, 0.5) is 5.69 Å². The van der Waals surface area contributed by atoms with Crippen molar-refractivity contribution in [2.24, 2.45) is 0 Å². The Morgan fingerprint density at radius 2 is 2.30 bits per heavy atom. The Morgan fingerprint density at radius 3 is 2.95 bits per heavy atom. The van der Waals surface area contributed by atoms with Crippen molar-refractivity contribution < 1.29 is 14.3 Å². The van der Waals surface area contributed by atoms with Gasteiger partial charge < -0.3 is 14.8 Å². The molecule has 1 rings (SSSR count). The Hall–Kier alpha value is -1.41. The van der Waals surface area contributed by atoms with E-state index in [0.29, 0.717) is 36.5 Å². The first kappa shape index (κ1) is 16.6. The second-order valence-corrected chi connectivity index (χ2v) is 4.67. The third kappa shape index (κ3) is 4.93. The zero-order valence-corrected chi connectivity index (χ0v) is 13.1. The molecule has 0 bridgehead atoms. The summed E-state index contributed by atoms with van der Waals surface area (Å²) in [6.45, 7) is 3.29. The Morgan fingerprint density at radius 1 is 1.55 bits per heavy atom. The smallest absolute Gasteiger partial charge is 0.307 e. The van der Waals surface area contributed by atoms with Crippen molar-refractivity contribution in [2.75, 3.05) is 32.2 Å². The fourth-order valence-corrected chi connectivity index (χ4v) is 1.90. The number of hydrogen-bond donors (Lipinski definition) is 1. The maximum Gasteiger partial charge on any atom is 0.307 e. The molecule has 0 saturated carbocycles. The number of ether oxygens (including phenoxy) is 2. The van der Waals surface area contributed by atoms with Gasteiger partial charge in [-0.05, 0) is 22.9 Å². The van der Waals surface area contributed by atoms with Gasteiger partial charge in [-0.3, -0.25) is 9.59 Å². The van der Waals surface area contributed by atoms with Crippen LogP contribution in [0.1, 0.15) is 13.3 Å². The summed E-state index contributed by atoms with van der Waals surface area (Å²) in [4.78, 5) is 23.1. The fourth-order valence-electron chi connectivity index (χ4n) is 1.46. The summed E-state index contributed by atoms with van der Waals surface area (Å²) in [6, 6.07) is 0. The van der Waals surface area contributed by atoms with E-state index in [2.05, 4.69) is 26.3 Å². The third-order valence-electron chi connectivity index (χ3n) is 2.44. The van der Waals surface area contributed by atoms with Crippen LogP contribution >= 0.6 is 15.9 Å². The van der Waals surface area contributed by atoms with E-state index in [1.165, 1.54) is 10.9 Å². The molecule has 0 aliphatic rings. The van der Waals surface area contributed by atoms with Crippen LogP contribution in [0.15, 0.2) is 15.5 Å². The first-order valence-electron chi connectivity index (χ1n) is 6.24. The van der Waals surface area contributed by atoms with Crippen LogP contribution in [-0.4, -0.2) is 42.6 Å². The van der Waals surface area contributed by atoms with Crippen LogP contribution in [0.25, 0.3) is 0 Å². The molecule has 0 spiro atoms. The lowest BCUT2D eigenvalue weighted by Gasteiger charge is -2.10. The molecule has 0 aromatic carbocycles. The standard InChI is InChI=1S/C12H18BrN3O4/c1-3-20-10(17)4-5-14-9-8-15-16(6-7-19-2)12(18)11(9)13/h8,14H,3-7H2,1-2H3. The number of carbonyl (C=O) groups excluding carboxylic acids is 1. The number of methoxy groups -OCH3 is 1. The van der Waals surface area contributed by atoms with E-state index in [-0.39, 0.29) is 17.9 Å². The summed E-state index contributed by atoms with van der Waals surface area (Å²) in [7, 11) is 1.56. The number of hydrogen-bond acceptors (Lipinski definition) is 6. The van der Waals surface area contributed by atoms with Crippen molar-refractivity contribution in [3.05, 3.63) is 21.0 Å². The molecule has 0 aliphatic carbocycles. The number of nitrogens with one attached hydrogen (secondary N) is 1. The number of anilines is 1. The van der Waals surface area contributed by atoms with Gasteiger partial charge in [0, 0.05) is 13.7 Å². The Balaban J connectivity index is 2.61. The number of rotatable bonds is 8. The molecule has 1 N–H and O–H groups in total. The van der Waals surface area contributed by atoms with Crippen LogP contribution in [0, 0.1) is 0 Å². The molecule has 0 fully saturated rings. The van der Waals surface area contributed by atoms with Gasteiger partial charge in [0.05, 0.1) is 38.1 Å². The summed E-state index contributed by atoms with van der Waals surface area (Å²) in [5, 5.41) is 7.00. The molecule has 112 valence electrons. The molecule has 20 heavy (non-hydrogen) atoms. The molecule has 0 aliphatic heterocycles. The molecule has 0 atom stereocenters. The van der Waals surface area contributed by atoms with Gasteiger partial charge in [0.1, 0.15) is 4.47 Å². The number of esters is 1.